The van der Waals surface area contributed by atoms with Crippen molar-refractivity contribution >= 4 is 40.1 Å². The Balaban J connectivity index is 1.64. The van der Waals surface area contributed by atoms with Crippen molar-refractivity contribution in [3.63, 3.8) is 0 Å². The van der Waals surface area contributed by atoms with E-state index in [9.17, 15) is 19.2 Å². The number of urea groups is 1. The second-order valence-electron chi connectivity index (χ2n) is 6.86. The molecule has 8 nitrogen and oxygen atoms in total. The lowest BCUT2D eigenvalue weighted by Crippen LogP contribution is -2.39. The van der Waals surface area contributed by atoms with E-state index in [2.05, 4.69) is 16.0 Å². The van der Waals surface area contributed by atoms with Crippen molar-refractivity contribution in [3.8, 4) is 0 Å². The fraction of sp³-hybridized carbons (Fsp3) is 0.333. The summed E-state index contributed by atoms with van der Waals surface area (Å²) in [6, 6.07) is 7.41. The third kappa shape index (κ3) is 5.24. The number of carbonyl (C=O) groups is 4. The topological polar surface area (TPSA) is 108 Å². The van der Waals surface area contributed by atoms with E-state index in [1.54, 1.807) is 36.6 Å². The standard InChI is InChI=1S/C21H24N4O4S/c1-2-22-21(29)24-18(27)16-10-13-30-19(16)23-17(26)14-6-8-15(9-7-14)20(28)25-11-4-3-5-12-25/h6-10,13H,2-5,11-12H2,1H3,(H,23,26)(H2,22,24,27,29). The molecular formula is C21H24N4O4S. The number of carbonyl (C=O) groups excluding carboxylic acids is 4. The summed E-state index contributed by atoms with van der Waals surface area (Å²) in [5.74, 6) is -1.02. The van der Waals surface area contributed by atoms with Crippen molar-refractivity contribution in [2.75, 3.05) is 25.0 Å². The van der Waals surface area contributed by atoms with E-state index in [1.807, 2.05) is 4.90 Å². The molecule has 3 N–H and O–H groups in total. The van der Waals surface area contributed by atoms with Crippen LogP contribution in [0.4, 0.5) is 9.80 Å². The summed E-state index contributed by atoms with van der Waals surface area (Å²) in [4.78, 5) is 50.8. The van der Waals surface area contributed by atoms with Crippen LogP contribution in [0.2, 0.25) is 0 Å². The fourth-order valence-electron chi connectivity index (χ4n) is 3.18. The number of imide groups is 1. The molecule has 0 radical (unpaired) electrons. The van der Waals surface area contributed by atoms with Crippen LogP contribution in [0, 0.1) is 0 Å². The highest BCUT2D eigenvalue weighted by Gasteiger charge is 2.20. The number of piperidine rings is 1. The number of thiophene rings is 1. The van der Waals surface area contributed by atoms with Gasteiger partial charge in [0.1, 0.15) is 5.00 Å². The molecule has 1 aromatic carbocycles. The number of nitrogens with one attached hydrogen (secondary N) is 3. The van der Waals surface area contributed by atoms with Gasteiger partial charge >= 0.3 is 6.03 Å². The van der Waals surface area contributed by atoms with Gasteiger partial charge in [-0.1, -0.05) is 0 Å². The average molecular weight is 429 g/mol. The smallest absolute Gasteiger partial charge is 0.321 e. The molecule has 9 heteroatoms. The quantitative estimate of drug-likeness (QED) is 0.680. The van der Waals surface area contributed by atoms with Crippen LogP contribution in [0.1, 0.15) is 57.3 Å². The van der Waals surface area contributed by atoms with Gasteiger partial charge in [-0.2, -0.15) is 0 Å². The largest absolute Gasteiger partial charge is 0.339 e. The number of hydrogen-bond acceptors (Lipinski definition) is 5. The number of likely N-dealkylation sites (tertiary alicyclic amines) is 1. The normalized spacial score (nSPS) is 13.4. The van der Waals surface area contributed by atoms with E-state index >= 15 is 0 Å². The van der Waals surface area contributed by atoms with Crippen LogP contribution >= 0.6 is 11.3 Å². The van der Waals surface area contributed by atoms with Gasteiger partial charge in [-0.05, 0) is 61.9 Å². The van der Waals surface area contributed by atoms with Crippen LogP contribution in [-0.2, 0) is 0 Å². The minimum Gasteiger partial charge on any atom is -0.339 e. The number of nitrogens with zero attached hydrogens (tertiary/aromatic N) is 1. The Hall–Kier alpha value is -3.20. The van der Waals surface area contributed by atoms with Crippen LogP contribution in [0.15, 0.2) is 35.7 Å². The molecule has 0 aliphatic carbocycles. The molecule has 0 unspecified atom stereocenters. The number of benzene rings is 1. The monoisotopic (exact) mass is 428 g/mol. The van der Waals surface area contributed by atoms with Crippen molar-refractivity contribution in [3.05, 3.63) is 52.4 Å². The summed E-state index contributed by atoms with van der Waals surface area (Å²) >= 11 is 1.18. The van der Waals surface area contributed by atoms with E-state index in [0.717, 1.165) is 32.4 Å². The molecule has 158 valence electrons. The number of amides is 5. The van der Waals surface area contributed by atoms with Crippen LogP contribution < -0.4 is 16.0 Å². The summed E-state index contributed by atoms with van der Waals surface area (Å²) in [6.45, 7) is 3.66. The fourth-order valence-corrected chi connectivity index (χ4v) is 3.96. The minimum absolute atomic E-state index is 0.0239. The van der Waals surface area contributed by atoms with Gasteiger partial charge in [0.05, 0.1) is 5.56 Å². The third-order valence-corrected chi connectivity index (χ3v) is 5.57. The highest BCUT2D eigenvalue weighted by molar-refractivity contribution is 7.14. The van der Waals surface area contributed by atoms with E-state index in [1.165, 1.54) is 17.4 Å². The van der Waals surface area contributed by atoms with E-state index < -0.39 is 17.8 Å². The highest BCUT2D eigenvalue weighted by atomic mass is 32.1. The van der Waals surface area contributed by atoms with E-state index in [0.29, 0.717) is 22.7 Å². The molecule has 2 heterocycles. The Morgan fingerprint density at radius 2 is 1.60 bits per heavy atom. The van der Waals surface area contributed by atoms with Crippen LogP contribution in [0.25, 0.3) is 0 Å². The first kappa shape index (κ1) is 21.5. The molecule has 0 bridgehead atoms. The molecule has 0 spiro atoms. The summed E-state index contributed by atoms with van der Waals surface area (Å²) in [6.07, 6.45) is 3.18. The summed E-state index contributed by atoms with van der Waals surface area (Å²) in [5, 5.41) is 9.38. The van der Waals surface area contributed by atoms with Crippen molar-refractivity contribution in [1.29, 1.82) is 0 Å². The van der Waals surface area contributed by atoms with E-state index in [-0.39, 0.29) is 11.5 Å². The Kier molecular flexibility index (Phi) is 7.18. The molecule has 30 heavy (non-hydrogen) atoms. The lowest BCUT2D eigenvalue weighted by molar-refractivity contribution is 0.0723. The van der Waals surface area contributed by atoms with Gasteiger partial charge in [0.2, 0.25) is 0 Å². The van der Waals surface area contributed by atoms with Crippen LogP contribution in [0.5, 0.6) is 0 Å². The molecule has 1 aliphatic heterocycles. The maximum atomic E-state index is 12.6. The lowest BCUT2D eigenvalue weighted by atomic mass is 10.1. The molecule has 1 saturated heterocycles. The Labute approximate surface area is 178 Å². The van der Waals surface area contributed by atoms with Crippen molar-refractivity contribution < 1.29 is 19.2 Å². The maximum Gasteiger partial charge on any atom is 0.321 e. The van der Waals surface area contributed by atoms with Crippen molar-refractivity contribution in [2.24, 2.45) is 0 Å². The van der Waals surface area contributed by atoms with Gasteiger partial charge in [0.25, 0.3) is 17.7 Å². The zero-order valence-electron chi connectivity index (χ0n) is 16.7. The van der Waals surface area contributed by atoms with Crippen LogP contribution in [-0.4, -0.2) is 48.3 Å². The van der Waals surface area contributed by atoms with Crippen molar-refractivity contribution in [1.82, 2.24) is 15.5 Å². The average Bonchev–Trinajstić information content (AvgIpc) is 3.22. The first-order valence-electron chi connectivity index (χ1n) is 9.87. The molecule has 1 aliphatic rings. The highest BCUT2D eigenvalue weighted by Crippen LogP contribution is 2.24. The van der Waals surface area contributed by atoms with Gasteiger partial charge in [-0.25, -0.2) is 4.79 Å². The SMILES string of the molecule is CCNC(=O)NC(=O)c1ccsc1NC(=O)c1ccc(C(=O)N2CCCCC2)cc1. The van der Waals surface area contributed by atoms with Gasteiger partial charge < -0.3 is 15.5 Å². The molecular weight excluding hydrogens is 404 g/mol. The first-order chi connectivity index (χ1) is 14.5. The Bertz CT molecular complexity index is 933. The molecule has 0 atom stereocenters. The van der Waals surface area contributed by atoms with Gasteiger partial charge in [-0.3, -0.25) is 19.7 Å². The number of hydrogen-bond donors (Lipinski definition) is 3. The first-order valence-corrected chi connectivity index (χ1v) is 10.7. The van der Waals surface area contributed by atoms with Crippen molar-refractivity contribution in [2.45, 2.75) is 26.2 Å². The zero-order chi connectivity index (χ0) is 21.5. The second kappa shape index (κ2) is 10.0. The Morgan fingerprint density at radius 1 is 0.933 bits per heavy atom. The van der Waals surface area contributed by atoms with E-state index in [4.69, 9.17) is 0 Å². The molecule has 3 rings (SSSR count). The van der Waals surface area contributed by atoms with Gasteiger partial charge in [0.15, 0.2) is 0 Å². The molecule has 1 aromatic heterocycles. The van der Waals surface area contributed by atoms with Gasteiger partial charge in [-0.15, -0.1) is 11.3 Å². The summed E-state index contributed by atoms with van der Waals surface area (Å²) in [7, 11) is 0. The predicted octanol–water partition coefficient (Wildman–Crippen LogP) is 3.09. The Morgan fingerprint density at radius 3 is 2.27 bits per heavy atom. The molecule has 1 fully saturated rings. The second-order valence-corrected chi connectivity index (χ2v) is 7.78. The number of rotatable bonds is 5. The minimum atomic E-state index is -0.597. The third-order valence-electron chi connectivity index (χ3n) is 4.74. The molecule has 0 saturated carbocycles. The maximum absolute atomic E-state index is 12.6. The molecule has 5 amide bonds. The predicted molar refractivity (Wildman–Crippen MR) is 115 cm³/mol. The lowest BCUT2D eigenvalue weighted by Gasteiger charge is -2.26. The van der Waals surface area contributed by atoms with Gasteiger partial charge in [0, 0.05) is 30.8 Å². The number of anilines is 1. The zero-order valence-corrected chi connectivity index (χ0v) is 17.5. The summed E-state index contributed by atoms with van der Waals surface area (Å²) < 4.78 is 0. The van der Waals surface area contributed by atoms with Crippen LogP contribution in [0.3, 0.4) is 0 Å². The molecule has 2 aromatic rings. The summed E-state index contributed by atoms with van der Waals surface area (Å²) in [5.41, 5.74) is 1.12.